The Bertz CT molecular complexity index is 630. The number of hydrogen-bond donors (Lipinski definition) is 1. The number of benzene rings is 2. The molecule has 2 unspecified atom stereocenters. The maximum atomic E-state index is 12.9. The van der Waals surface area contributed by atoms with Crippen LogP contribution in [0.5, 0.6) is 0 Å². The highest BCUT2D eigenvalue weighted by Gasteiger charge is 2.20. The van der Waals surface area contributed by atoms with Gasteiger partial charge in [0, 0.05) is 0 Å². The lowest BCUT2D eigenvalue weighted by molar-refractivity contribution is 0.105. The van der Waals surface area contributed by atoms with Gasteiger partial charge in [0.2, 0.25) is 0 Å². The molecule has 0 saturated heterocycles. The maximum absolute atomic E-state index is 12.9. The highest BCUT2D eigenvalue weighted by atomic mass is 19.1. The van der Waals surface area contributed by atoms with Crippen molar-refractivity contribution in [3.8, 4) is 0 Å². The topological polar surface area (TPSA) is 24.6 Å². The summed E-state index contributed by atoms with van der Waals surface area (Å²) in [4.78, 5) is 3.39. The first kappa shape index (κ1) is 15.2. The van der Waals surface area contributed by atoms with E-state index in [2.05, 4.69) is 4.85 Å². The first-order chi connectivity index (χ1) is 10.1. The molecule has 0 aliphatic heterocycles. The van der Waals surface area contributed by atoms with Gasteiger partial charge in [-0.3, -0.25) is 0 Å². The fourth-order valence-corrected chi connectivity index (χ4v) is 2.45. The molecule has 0 aliphatic rings. The van der Waals surface area contributed by atoms with Crippen molar-refractivity contribution in [2.24, 2.45) is 5.92 Å². The molecule has 108 valence electrons. The van der Waals surface area contributed by atoms with Crippen molar-refractivity contribution in [2.75, 3.05) is 0 Å². The minimum absolute atomic E-state index is 0.0384. The molecule has 0 saturated carbocycles. The fraction of sp³-hybridized carbons (Fsp3) is 0.278. The third-order valence-corrected chi connectivity index (χ3v) is 3.72. The van der Waals surface area contributed by atoms with Gasteiger partial charge in [0.05, 0.1) is 12.7 Å². The van der Waals surface area contributed by atoms with E-state index < -0.39 is 6.10 Å². The van der Waals surface area contributed by atoms with E-state index in [9.17, 15) is 9.50 Å². The predicted octanol–water partition coefficient (Wildman–Crippen LogP) is 4.68. The number of nitrogens with zero attached hydrogens (tertiary/aromatic N) is 1. The molecule has 2 rings (SSSR count). The summed E-state index contributed by atoms with van der Waals surface area (Å²) in [6, 6.07) is 13.5. The Hall–Kier alpha value is -2.18. The number of rotatable bonds is 5. The zero-order valence-electron chi connectivity index (χ0n) is 12.0. The summed E-state index contributed by atoms with van der Waals surface area (Å²) in [7, 11) is 0. The van der Waals surface area contributed by atoms with Crippen molar-refractivity contribution >= 4 is 5.69 Å². The van der Waals surface area contributed by atoms with Gasteiger partial charge in [0.15, 0.2) is 5.69 Å². The molecule has 21 heavy (non-hydrogen) atoms. The van der Waals surface area contributed by atoms with Gasteiger partial charge in [0.1, 0.15) is 5.82 Å². The van der Waals surface area contributed by atoms with Crippen LogP contribution in [0.2, 0.25) is 0 Å². The lowest BCUT2D eigenvalue weighted by Gasteiger charge is -2.22. The fourth-order valence-electron chi connectivity index (χ4n) is 2.45. The summed E-state index contributed by atoms with van der Waals surface area (Å²) in [5.74, 6) is -0.214. The second-order valence-electron chi connectivity index (χ2n) is 5.15. The molecule has 0 amide bonds. The monoisotopic (exact) mass is 283 g/mol. The van der Waals surface area contributed by atoms with Crippen LogP contribution in [0, 0.1) is 18.3 Å². The molecule has 0 heterocycles. The quantitative estimate of drug-likeness (QED) is 0.792. The minimum Gasteiger partial charge on any atom is -0.388 e. The smallest absolute Gasteiger partial charge is 0.187 e. The molecule has 2 atom stereocenters. The van der Waals surface area contributed by atoms with Crippen LogP contribution in [0.25, 0.3) is 4.85 Å². The summed E-state index contributed by atoms with van der Waals surface area (Å²) < 4.78 is 12.9. The van der Waals surface area contributed by atoms with Crippen LogP contribution in [0.1, 0.15) is 30.6 Å². The van der Waals surface area contributed by atoms with Crippen molar-refractivity contribution in [1.29, 1.82) is 0 Å². The Morgan fingerprint density at radius 2 is 1.90 bits per heavy atom. The van der Waals surface area contributed by atoms with Gasteiger partial charge in [-0.15, -0.1) is 0 Å². The van der Waals surface area contributed by atoms with E-state index >= 15 is 0 Å². The highest BCUT2D eigenvalue weighted by Crippen LogP contribution is 2.29. The Labute approximate surface area is 124 Å². The average Bonchev–Trinajstić information content (AvgIpc) is 2.53. The van der Waals surface area contributed by atoms with Crippen molar-refractivity contribution in [3.63, 3.8) is 0 Å². The molecule has 3 heteroatoms. The molecule has 0 fully saturated rings. The van der Waals surface area contributed by atoms with E-state index in [1.165, 1.54) is 12.1 Å². The second kappa shape index (κ2) is 7.01. The zero-order valence-corrected chi connectivity index (χ0v) is 12.0. The van der Waals surface area contributed by atoms with E-state index in [1.807, 2.05) is 13.0 Å². The molecule has 0 aromatic heterocycles. The molecule has 2 nitrogen and oxygen atoms in total. The van der Waals surface area contributed by atoms with Gasteiger partial charge < -0.3 is 5.11 Å². The van der Waals surface area contributed by atoms with Gasteiger partial charge in [-0.1, -0.05) is 49.7 Å². The van der Waals surface area contributed by atoms with Gasteiger partial charge in [0.25, 0.3) is 0 Å². The molecule has 1 N–H and O–H groups in total. The van der Waals surface area contributed by atoms with Crippen LogP contribution in [0.4, 0.5) is 10.1 Å². The first-order valence-corrected chi connectivity index (χ1v) is 7.04. The SMILES string of the molecule is [C-]#[N+]c1cccc(C(O)C(CC)Cc2ccc(F)cc2)c1. The molecule has 0 bridgehead atoms. The summed E-state index contributed by atoms with van der Waals surface area (Å²) in [5.41, 5.74) is 2.30. The van der Waals surface area contributed by atoms with Gasteiger partial charge >= 0.3 is 0 Å². The molecule has 0 radical (unpaired) electrons. The number of aliphatic hydroxyl groups is 1. The summed E-state index contributed by atoms with van der Waals surface area (Å²) >= 11 is 0. The van der Waals surface area contributed by atoms with Crippen LogP contribution in [-0.4, -0.2) is 5.11 Å². The lowest BCUT2D eigenvalue weighted by atomic mass is 9.88. The van der Waals surface area contributed by atoms with E-state index in [1.54, 1.807) is 30.3 Å². The Morgan fingerprint density at radius 3 is 2.52 bits per heavy atom. The van der Waals surface area contributed by atoms with E-state index in [4.69, 9.17) is 6.57 Å². The molecule has 0 aliphatic carbocycles. The molecular weight excluding hydrogens is 265 g/mol. The lowest BCUT2D eigenvalue weighted by Crippen LogP contribution is -2.14. The predicted molar refractivity (Wildman–Crippen MR) is 81.5 cm³/mol. The normalized spacial score (nSPS) is 13.4. The second-order valence-corrected chi connectivity index (χ2v) is 5.15. The summed E-state index contributed by atoms with van der Waals surface area (Å²) in [6.45, 7) is 9.06. The average molecular weight is 283 g/mol. The largest absolute Gasteiger partial charge is 0.388 e. The first-order valence-electron chi connectivity index (χ1n) is 7.04. The van der Waals surface area contributed by atoms with Gasteiger partial charge in [-0.05, 0) is 35.6 Å². The van der Waals surface area contributed by atoms with Gasteiger partial charge in [-0.2, -0.15) is 0 Å². The minimum atomic E-state index is -0.623. The maximum Gasteiger partial charge on any atom is 0.187 e. The van der Waals surface area contributed by atoms with Crippen LogP contribution < -0.4 is 0 Å². The third-order valence-electron chi connectivity index (χ3n) is 3.72. The van der Waals surface area contributed by atoms with E-state index in [0.717, 1.165) is 17.5 Å². The van der Waals surface area contributed by atoms with Crippen molar-refractivity contribution in [3.05, 3.63) is 76.9 Å². The van der Waals surface area contributed by atoms with Crippen LogP contribution in [-0.2, 0) is 6.42 Å². The Kier molecular flexibility index (Phi) is 5.08. The third kappa shape index (κ3) is 3.90. The van der Waals surface area contributed by atoms with Crippen molar-refractivity contribution < 1.29 is 9.50 Å². The Morgan fingerprint density at radius 1 is 1.19 bits per heavy atom. The summed E-state index contributed by atoms with van der Waals surface area (Å²) in [5, 5.41) is 10.5. The number of aliphatic hydroxyl groups excluding tert-OH is 1. The molecule has 2 aromatic rings. The van der Waals surface area contributed by atoms with Crippen molar-refractivity contribution in [2.45, 2.75) is 25.9 Å². The van der Waals surface area contributed by atoms with Crippen LogP contribution in [0.15, 0.2) is 48.5 Å². The highest BCUT2D eigenvalue weighted by molar-refractivity contribution is 5.47. The van der Waals surface area contributed by atoms with Crippen LogP contribution >= 0.6 is 0 Å². The number of halogens is 1. The standard InChI is InChI=1S/C18H18FNO/c1-3-14(11-13-7-9-16(19)10-8-13)18(21)15-5-4-6-17(12-15)20-2/h4-10,12,14,18,21H,3,11H2,1H3. The zero-order chi connectivity index (χ0) is 15.2. The Balaban J connectivity index is 2.16. The van der Waals surface area contributed by atoms with Crippen molar-refractivity contribution in [1.82, 2.24) is 0 Å². The molecule has 0 spiro atoms. The molecular formula is C18H18FNO. The summed E-state index contributed by atoms with van der Waals surface area (Å²) in [6.07, 6.45) is 0.864. The van der Waals surface area contributed by atoms with E-state index in [-0.39, 0.29) is 11.7 Å². The molecule has 2 aromatic carbocycles. The van der Waals surface area contributed by atoms with Crippen LogP contribution in [0.3, 0.4) is 0 Å². The van der Waals surface area contributed by atoms with Gasteiger partial charge in [-0.25, -0.2) is 9.24 Å². The number of hydrogen-bond acceptors (Lipinski definition) is 1. The van der Waals surface area contributed by atoms with E-state index in [0.29, 0.717) is 12.1 Å².